The monoisotopic (exact) mass is 284 g/mol. The van der Waals surface area contributed by atoms with Gasteiger partial charge in [-0.15, -0.1) is 0 Å². The minimum absolute atomic E-state index is 0. The maximum absolute atomic E-state index is 9.10. The van der Waals surface area contributed by atoms with Gasteiger partial charge >= 0.3 is 7.75 Å². The fraction of sp³-hybridized carbons (Fsp3) is 0. The topological polar surface area (TPSA) is 83.6 Å². The summed E-state index contributed by atoms with van der Waals surface area (Å²) in [4.78, 5) is 14.8. The van der Waals surface area contributed by atoms with E-state index in [1.165, 1.54) is 0 Å². The second-order valence-corrected chi connectivity index (χ2v) is 1.77. The first-order valence-electron chi connectivity index (χ1n) is 0.841. The van der Waals surface area contributed by atoms with Gasteiger partial charge in [-0.2, -0.15) is 0 Å². The van der Waals surface area contributed by atoms with Crippen LogP contribution in [0.5, 0.6) is 0 Å². The second-order valence-electron chi connectivity index (χ2n) is 0.589. The summed E-state index contributed by atoms with van der Waals surface area (Å²) in [6, 6.07) is 0. The van der Waals surface area contributed by atoms with Crippen LogP contribution in [0.3, 0.4) is 0 Å². The first-order valence-corrected chi connectivity index (χ1v) is 2.52. The average molecular weight is 283 g/mol. The molecule has 6 heavy (non-hydrogen) atoms. The molecule has 4 N–H and O–H groups in total. The van der Waals surface area contributed by atoms with Crippen LogP contribution < -0.4 is 5.50 Å². The first-order chi connectivity index (χ1) is 2.00. The SMILES string of the molecule is NP(=O)(O)O.[Re]. The van der Waals surface area contributed by atoms with Crippen LogP contribution >= 0.6 is 7.75 Å². The Hall–Kier alpha value is 0.772. The van der Waals surface area contributed by atoms with Gasteiger partial charge in [0.25, 0.3) is 0 Å². The van der Waals surface area contributed by atoms with E-state index in [9.17, 15) is 0 Å². The van der Waals surface area contributed by atoms with Crippen molar-refractivity contribution in [3.8, 4) is 0 Å². The van der Waals surface area contributed by atoms with Gasteiger partial charge < -0.3 is 9.79 Å². The van der Waals surface area contributed by atoms with Gasteiger partial charge in [-0.3, -0.25) is 0 Å². The maximum atomic E-state index is 9.10. The van der Waals surface area contributed by atoms with Gasteiger partial charge in [0.1, 0.15) is 0 Å². The molecule has 1 radical (unpaired) electrons. The molecule has 0 saturated heterocycles. The normalized spacial score (nSPS) is 9.83. The fourth-order valence-corrected chi connectivity index (χ4v) is 0. The Morgan fingerprint density at radius 2 is 1.50 bits per heavy atom. The van der Waals surface area contributed by atoms with E-state index in [4.69, 9.17) is 14.4 Å². The Labute approximate surface area is 48.6 Å². The zero-order valence-corrected chi connectivity index (χ0v) is 6.32. The molecule has 0 unspecified atom stereocenters. The first kappa shape index (κ1) is 9.91. The molecule has 0 amide bonds. The Morgan fingerprint density at radius 3 is 1.50 bits per heavy atom. The molecule has 0 aliphatic rings. The number of hydrogen-bond donors (Lipinski definition) is 3. The molecule has 0 aromatic rings. The van der Waals surface area contributed by atoms with Crippen LogP contribution in [0.2, 0.25) is 0 Å². The summed E-state index contributed by atoms with van der Waals surface area (Å²) < 4.78 is 9.10. The van der Waals surface area contributed by atoms with Crippen molar-refractivity contribution in [3.05, 3.63) is 0 Å². The van der Waals surface area contributed by atoms with Crippen LogP contribution in [0, 0.1) is 0 Å². The number of nitrogens with two attached hydrogens (primary N) is 1. The van der Waals surface area contributed by atoms with Gasteiger partial charge in [-0.25, -0.2) is 10.1 Å². The van der Waals surface area contributed by atoms with E-state index in [1.54, 1.807) is 0 Å². The molecule has 0 aliphatic heterocycles. The molecule has 0 saturated carbocycles. The second kappa shape index (κ2) is 2.87. The van der Waals surface area contributed by atoms with Gasteiger partial charge in [0, 0.05) is 20.4 Å². The molecule has 4 nitrogen and oxygen atoms in total. The summed E-state index contributed by atoms with van der Waals surface area (Å²) in [5, 5.41) is 0. The number of rotatable bonds is 0. The molecule has 39 valence electrons. The minimum atomic E-state index is -4.14. The molecular weight excluding hydrogens is 279 g/mol. The van der Waals surface area contributed by atoms with Gasteiger partial charge in [0.15, 0.2) is 0 Å². The summed E-state index contributed by atoms with van der Waals surface area (Å²) in [5.74, 6) is 0. The Morgan fingerprint density at radius 1 is 1.50 bits per heavy atom. The van der Waals surface area contributed by atoms with Crippen LogP contribution in [0.15, 0.2) is 0 Å². The Kier molecular flexibility index (Phi) is 4.73. The van der Waals surface area contributed by atoms with Crippen LogP contribution in [-0.4, -0.2) is 9.79 Å². The molecule has 0 aliphatic carbocycles. The van der Waals surface area contributed by atoms with E-state index >= 15 is 0 Å². The van der Waals surface area contributed by atoms with Crippen LogP contribution in [-0.2, 0) is 25.0 Å². The van der Waals surface area contributed by atoms with Crippen molar-refractivity contribution in [2.45, 2.75) is 0 Å². The van der Waals surface area contributed by atoms with Crippen molar-refractivity contribution >= 4 is 7.75 Å². The van der Waals surface area contributed by atoms with Crippen molar-refractivity contribution in [2.24, 2.45) is 5.50 Å². The molecule has 0 aromatic heterocycles. The predicted octanol–water partition coefficient (Wildman–Crippen LogP) is -0.965. The van der Waals surface area contributed by atoms with E-state index in [1.807, 2.05) is 0 Å². The van der Waals surface area contributed by atoms with Gasteiger partial charge in [0.05, 0.1) is 0 Å². The van der Waals surface area contributed by atoms with Crippen LogP contribution in [0.4, 0.5) is 0 Å². The van der Waals surface area contributed by atoms with E-state index in [0.29, 0.717) is 0 Å². The molecule has 0 rings (SSSR count). The summed E-state index contributed by atoms with van der Waals surface area (Å²) in [6.07, 6.45) is 0. The standard InChI is InChI=1S/H4NO3P.Re/c1-5(2,3)4;/h(H4,1,2,3,4);. The minimum Gasteiger partial charge on any atom is -0.313 e. The predicted molar refractivity (Wildman–Crippen MR) is 16.2 cm³/mol. The van der Waals surface area contributed by atoms with Crippen LogP contribution in [0.25, 0.3) is 0 Å². The molecule has 0 atom stereocenters. The smallest absolute Gasteiger partial charge is 0.313 e. The van der Waals surface area contributed by atoms with Crippen molar-refractivity contribution in [1.82, 2.24) is 0 Å². The molecule has 0 aromatic carbocycles. The van der Waals surface area contributed by atoms with E-state index in [0.717, 1.165) is 0 Å². The molecule has 0 heterocycles. The van der Waals surface area contributed by atoms with Gasteiger partial charge in [-0.1, -0.05) is 0 Å². The number of hydrogen-bond acceptors (Lipinski definition) is 1. The average Bonchev–Trinajstić information content (AvgIpc) is 0.722. The van der Waals surface area contributed by atoms with Crippen molar-refractivity contribution in [2.75, 3.05) is 0 Å². The van der Waals surface area contributed by atoms with Crippen LogP contribution in [0.1, 0.15) is 0 Å². The third kappa shape index (κ3) is 114. The molecule has 0 spiro atoms. The van der Waals surface area contributed by atoms with E-state index in [2.05, 4.69) is 5.50 Å². The third-order valence-corrected chi connectivity index (χ3v) is 0. The maximum Gasteiger partial charge on any atom is 0.397 e. The summed E-state index contributed by atoms with van der Waals surface area (Å²) in [7, 11) is -4.14. The van der Waals surface area contributed by atoms with Crippen molar-refractivity contribution in [1.29, 1.82) is 0 Å². The van der Waals surface area contributed by atoms with Crippen molar-refractivity contribution in [3.63, 3.8) is 0 Å². The van der Waals surface area contributed by atoms with Gasteiger partial charge in [-0.05, 0) is 0 Å². The summed E-state index contributed by atoms with van der Waals surface area (Å²) in [6.45, 7) is 0. The molecule has 6 heteroatoms. The fourth-order valence-electron chi connectivity index (χ4n) is 0. The third-order valence-electron chi connectivity index (χ3n) is 0. The van der Waals surface area contributed by atoms with Crippen molar-refractivity contribution < 1.29 is 34.8 Å². The van der Waals surface area contributed by atoms with E-state index in [-0.39, 0.29) is 20.4 Å². The van der Waals surface area contributed by atoms with Gasteiger partial charge in [0.2, 0.25) is 0 Å². The summed E-state index contributed by atoms with van der Waals surface area (Å²) >= 11 is 0. The zero-order chi connectivity index (χ0) is 4.50. The molecule has 0 bridgehead atoms. The zero-order valence-electron chi connectivity index (χ0n) is 2.71. The Balaban J connectivity index is 0. The Bertz CT molecular complexity index is 56.9. The largest absolute Gasteiger partial charge is 0.397 e. The van der Waals surface area contributed by atoms with E-state index < -0.39 is 7.75 Å². The molecule has 0 fully saturated rings. The quantitative estimate of drug-likeness (QED) is 0.500. The molecular formula is H4NO3PRe. The summed E-state index contributed by atoms with van der Waals surface area (Å²) in [5.41, 5.74) is 4.02.